The van der Waals surface area contributed by atoms with Crippen LogP contribution in [0.4, 0.5) is 10.5 Å². The lowest BCUT2D eigenvalue weighted by molar-refractivity contribution is 0.119. The lowest BCUT2D eigenvalue weighted by Crippen LogP contribution is -2.53. The molecule has 2 N–H and O–H groups in total. The van der Waals surface area contributed by atoms with E-state index in [1.807, 2.05) is 4.90 Å². The number of amides is 2. The Kier molecular flexibility index (Phi) is 9.49. The summed E-state index contributed by atoms with van der Waals surface area (Å²) in [5.74, 6) is 0. The van der Waals surface area contributed by atoms with E-state index < -0.39 is 0 Å². The Morgan fingerprint density at radius 1 is 1.00 bits per heavy atom. The number of carbonyl (C=O) groups excluding carboxylic acids is 1. The summed E-state index contributed by atoms with van der Waals surface area (Å²) in [5.41, 5.74) is 3.41. The number of nitrogens with zero attached hydrogens (tertiary/aromatic N) is 2. The first kappa shape index (κ1) is 27.0. The van der Waals surface area contributed by atoms with Crippen LogP contribution >= 0.6 is 24.8 Å². The molecule has 2 aliphatic heterocycles. The molecular weight excluding hydrogens is 419 g/mol. The van der Waals surface area contributed by atoms with Crippen LogP contribution in [0.1, 0.15) is 59.1 Å². The Bertz CT molecular complexity index is 698. The predicted molar refractivity (Wildman–Crippen MR) is 132 cm³/mol. The van der Waals surface area contributed by atoms with E-state index in [1.54, 1.807) is 0 Å². The molecule has 0 saturated carbocycles. The molecular formula is C23H40Cl2N4O. The zero-order valence-corrected chi connectivity index (χ0v) is 21.0. The van der Waals surface area contributed by atoms with Crippen molar-refractivity contribution in [2.24, 2.45) is 0 Å². The Hall–Kier alpha value is -1.01. The number of rotatable bonds is 2. The third-order valence-electron chi connectivity index (χ3n) is 6.09. The molecule has 5 nitrogen and oxygen atoms in total. The normalized spacial score (nSPS) is 20.3. The molecule has 2 amide bonds. The molecule has 3 rings (SSSR count). The van der Waals surface area contributed by atoms with Gasteiger partial charge in [0.1, 0.15) is 0 Å². The fourth-order valence-electron chi connectivity index (χ4n) is 4.20. The van der Waals surface area contributed by atoms with Crippen LogP contribution in [0.25, 0.3) is 0 Å². The van der Waals surface area contributed by atoms with Crippen LogP contribution in [-0.2, 0) is 10.8 Å². The van der Waals surface area contributed by atoms with Gasteiger partial charge in [0.15, 0.2) is 0 Å². The van der Waals surface area contributed by atoms with Crippen molar-refractivity contribution < 1.29 is 4.79 Å². The third-order valence-corrected chi connectivity index (χ3v) is 6.09. The van der Waals surface area contributed by atoms with Crippen LogP contribution in [0.15, 0.2) is 18.2 Å². The first-order chi connectivity index (χ1) is 13.1. The van der Waals surface area contributed by atoms with Gasteiger partial charge in [0, 0.05) is 44.5 Å². The molecule has 2 fully saturated rings. The number of nitrogens with one attached hydrogen (secondary N) is 2. The summed E-state index contributed by atoms with van der Waals surface area (Å²) < 4.78 is 0. The van der Waals surface area contributed by atoms with Crippen molar-refractivity contribution >= 4 is 36.5 Å². The largest absolute Gasteiger partial charge is 0.322 e. The minimum atomic E-state index is -0.0206. The van der Waals surface area contributed by atoms with Crippen molar-refractivity contribution in [1.82, 2.24) is 15.1 Å². The quantitative estimate of drug-likeness (QED) is 0.678. The van der Waals surface area contributed by atoms with Crippen molar-refractivity contribution in [3.05, 3.63) is 29.3 Å². The van der Waals surface area contributed by atoms with Gasteiger partial charge >= 0.3 is 6.03 Å². The SMILES string of the molecule is CC(C)(C)c1ccc(C(C)(C)C)c(NC(=O)N2CCN(C3CCNC3)CC2)c1.Cl.Cl. The summed E-state index contributed by atoms with van der Waals surface area (Å²) in [7, 11) is 0. The molecule has 0 aliphatic carbocycles. The number of hydrogen-bond donors (Lipinski definition) is 2. The molecule has 2 aliphatic rings. The van der Waals surface area contributed by atoms with Gasteiger partial charge < -0.3 is 15.5 Å². The monoisotopic (exact) mass is 458 g/mol. The highest BCUT2D eigenvalue weighted by Gasteiger charge is 2.29. The van der Waals surface area contributed by atoms with E-state index in [0.717, 1.165) is 45.0 Å². The van der Waals surface area contributed by atoms with Crippen molar-refractivity contribution in [1.29, 1.82) is 0 Å². The molecule has 0 radical (unpaired) electrons. The number of hydrogen-bond acceptors (Lipinski definition) is 3. The average Bonchev–Trinajstić information content (AvgIpc) is 3.14. The summed E-state index contributed by atoms with van der Waals surface area (Å²) in [4.78, 5) is 17.5. The maximum atomic E-state index is 13.0. The van der Waals surface area contributed by atoms with Gasteiger partial charge in [-0.05, 0) is 41.0 Å². The molecule has 2 heterocycles. The maximum absolute atomic E-state index is 13.0. The Balaban J connectivity index is 0.00000225. The van der Waals surface area contributed by atoms with Crippen LogP contribution in [0, 0.1) is 0 Å². The first-order valence-electron chi connectivity index (χ1n) is 10.7. The van der Waals surface area contributed by atoms with Gasteiger partial charge in [0.05, 0.1) is 0 Å². The Labute approximate surface area is 195 Å². The van der Waals surface area contributed by atoms with Gasteiger partial charge in [-0.2, -0.15) is 0 Å². The average molecular weight is 460 g/mol. The van der Waals surface area contributed by atoms with Gasteiger partial charge in [-0.25, -0.2) is 4.79 Å². The molecule has 1 unspecified atom stereocenters. The van der Waals surface area contributed by atoms with Gasteiger partial charge in [0.2, 0.25) is 0 Å². The third kappa shape index (κ3) is 6.49. The van der Waals surface area contributed by atoms with E-state index in [1.165, 1.54) is 17.5 Å². The molecule has 0 spiro atoms. The van der Waals surface area contributed by atoms with E-state index in [4.69, 9.17) is 0 Å². The molecule has 0 bridgehead atoms. The number of carbonyl (C=O) groups is 1. The molecule has 1 aromatic rings. The van der Waals surface area contributed by atoms with Gasteiger partial charge in [0.25, 0.3) is 0 Å². The summed E-state index contributed by atoms with van der Waals surface area (Å²) in [6, 6.07) is 7.21. The van der Waals surface area contributed by atoms with Gasteiger partial charge in [-0.1, -0.05) is 53.7 Å². The van der Waals surface area contributed by atoms with Crippen LogP contribution in [-0.4, -0.2) is 61.1 Å². The number of halogens is 2. The molecule has 0 aromatic heterocycles. The second kappa shape index (κ2) is 10.5. The number of benzene rings is 1. The first-order valence-corrected chi connectivity index (χ1v) is 10.7. The summed E-state index contributed by atoms with van der Waals surface area (Å²) >= 11 is 0. The van der Waals surface area contributed by atoms with Gasteiger partial charge in [-0.15, -0.1) is 24.8 Å². The smallest absolute Gasteiger partial charge is 0.321 e. The minimum absolute atomic E-state index is 0. The van der Waals surface area contributed by atoms with Crippen molar-refractivity contribution in [2.45, 2.75) is 64.8 Å². The Morgan fingerprint density at radius 2 is 1.63 bits per heavy atom. The molecule has 1 atom stereocenters. The molecule has 30 heavy (non-hydrogen) atoms. The maximum Gasteiger partial charge on any atom is 0.321 e. The van der Waals surface area contributed by atoms with Crippen molar-refractivity contribution in [3.63, 3.8) is 0 Å². The zero-order valence-electron chi connectivity index (χ0n) is 19.4. The molecule has 1 aromatic carbocycles. The fraction of sp³-hybridized carbons (Fsp3) is 0.696. The zero-order chi connectivity index (χ0) is 20.5. The van der Waals surface area contributed by atoms with E-state index >= 15 is 0 Å². The van der Waals surface area contributed by atoms with E-state index in [2.05, 4.69) is 75.3 Å². The molecule has 7 heteroatoms. The summed E-state index contributed by atoms with van der Waals surface area (Å²) in [5, 5.41) is 6.68. The number of anilines is 1. The lowest BCUT2D eigenvalue weighted by atomic mass is 9.81. The second-order valence-corrected chi connectivity index (χ2v) is 10.4. The highest BCUT2D eigenvalue weighted by molar-refractivity contribution is 5.90. The van der Waals surface area contributed by atoms with Crippen LogP contribution < -0.4 is 10.6 Å². The number of piperazine rings is 1. The van der Waals surface area contributed by atoms with Crippen LogP contribution in [0.3, 0.4) is 0 Å². The second-order valence-electron chi connectivity index (χ2n) is 10.4. The molecule has 172 valence electrons. The lowest BCUT2D eigenvalue weighted by Gasteiger charge is -2.38. The fourth-order valence-corrected chi connectivity index (χ4v) is 4.20. The highest BCUT2D eigenvalue weighted by atomic mass is 35.5. The summed E-state index contributed by atoms with van der Waals surface area (Å²) in [6.45, 7) is 19.0. The van der Waals surface area contributed by atoms with E-state index in [-0.39, 0.29) is 41.7 Å². The van der Waals surface area contributed by atoms with E-state index in [9.17, 15) is 4.79 Å². The van der Waals surface area contributed by atoms with Crippen molar-refractivity contribution in [3.8, 4) is 0 Å². The number of urea groups is 1. The van der Waals surface area contributed by atoms with Crippen LogP contribution in [0.2, 0.25) is 0 Å². The summed E-state index contributed by atoms with van der Waals surface area (Å²) in [6.07, 6.45) is 1.22. The Morgan fingerprint density at radius 3 is 2.13 bits per heavy atom. The van der Waals surface area contributed by atoms with Gasteiger partial charge in [-0.3, -0.25) is 4.90 Å². The molecule has 2 saturated heterocycles. The minimum Gasteiger partial charge on any atom is -0.322 e. The predicted octanol–water partition coefficient (Wildman–Crippen LogP) is 4.64. The standard InChI is InChI=1S/C23H38N4O.2ClH/c1-22(2,3)17-7-8-19(23(4,5)6)20(15-17)25-21(28)27-13-11-26(12-14-27)18-9-10-24-16-18;;/h7-8,15,18,24H,9-14,16H2,1-6H3,(H,25,28);2*1H. The van der Waals surface area contributed by atoms with Crippen molar-refractivity contribution in [2.75, 3.05) is 44.6 Å². The van der Waals surface area contributed by atoms with E-state index in [0.29, 0.717) is 6.04 Å². The topological polar surface area (TPSA) is 47.6 Å². The van der Waals surface area contributed by atoms with Crippen LogP contribution in [0.5, 0.6) is 0 Å². The highest BCUT2D eigenvalue weighted by Crippen LogP contribution is 2.34.